The number of hydrogen-bond acceptors (Lipinski definition) is 3. The lowest BCUT2D eigenvalue weighted by atomic mass is 9.83. The first kappa shape index (κ1) is 13.0. The Morgan fingerprint density at radius 2 is 2.12 bits per heavy atom. The number of primary amides is 1. The van der Waals surface area contributed by atoms with Crippen molar-refractivity contribution < 1.29 is 19.4 Å². The van der Waals surface area contributed by atoms with Gasteiger partial charge in [0, 0.05) is 0 Å². The number of carboxylic acid groups (broad SMARTS) is 1. The molecule has 5 nitrogen and oxygen atoms in total. The molecule has 1 fully saturated rings. The Bertz CT molecular complexity index is 297. The van der Waals surface area contributed by atoms with E-state index in [1.165, 1.54) is 6.92 Å². The third kappa shape index (κ3) is 2.52. The molecule has 1 heterocycles. The van der Waals surface area contributed by atoms with E-state index in [0.717, 1.165) is 12.8 Å². The Kier molecular flexibility index (Phi) is 3.28. The first-order valence-electron chi connectivity index (χ1n) is 5.38. The normalized spacial score (nSPS) is 27.3. The SMILES string of the molecule is CC1(C)CCC(CC(C)(C(N)=O)C(=O)O)O1. The van der Waals surface area contributed by atoms with Crippen LogP contribution in [0.5, 0.6) is 0 Å². The number of nitrogens with two attached hydrogens (primary N) is 1. The van der Waals surface area contributed by atoms with E-state index in [2.05, 4.69) is 0 Å². The minimum absolute atomic E-state index is 0.140. The molecule has 1 aliphatic rings. The van der Waals surface area contributed by atoms with Gasteiger partial charge in [0.25, 0.3) is 0 Å². The number of rotatable bonds is 4. The van der Waals surface area contributed by atoms with Gasteiger partial charge < -0.3 is 15.6 Å². The van der Waals surface area contributed by atoms with Crippen molar-refractivity contribution in [2.45, 2.75) is 51.7 Å². The van der Waals surface area contributed by atoms with Gasteiger partial charge in [0.1, 0.15) is 5.41 Å². The molecule has 0 aromatic carbocycles. The van der Waals surface area contributed by atoms with Crippen LogP contribution in [0.2, 0.25) is 0 Å². The Hall–Kier alpha value is -1.10. The number of hydrogen-bond donors (Lipinski definition) is 2. The van der Waals surface area contributed by atoms with Gasteiger partial charge in [-0.1, -0.05) is 0 Å². The molecule has 0 saturated carbocycles. The number of carbonyl (C=O) groups is 2. The molecule has 1 rings (SSSR count). The average molecular weight is 229 g/mol. The number of amides is 1. The van der Waals surface area contributed by atoms with Gasteiger partial charge in [0.2, 0.25) is 5.91 Å². The van der Waals surface area contributed by atoms with Gasteiger partial charge in [-0.15, -0.1) is 0 Å². The fraction of sp³-hybridized carbons (Fsp3) is 0.818. The zero-order valence-corrected chi connectivity index (χ0v) is 9.95. The van der Waals surface area contributed by atoms with Gasteiger partial charge in [-0.2, -0.15) is 0 Å². The lowest BCUT2D eigenvalue weighted by molar-refractivity contribution is -0.156. The predicted octanol–water partition coefficient (Wildman–Crippen LogP) is 0.910. The van der Waals surface area contributed by atoms with Crippen LogP contribution in [0, 0.1) is 5.41 Å². The third-order valence-electron chi connectivity index (χ3n) is 3.21. The van der Waals surface area contributed by atoms with Gasteiger partial charge >= 0.3 is 5.97 Å². The molecule has 0 radical (unpaired) electrons. The monoisotopic (exact) mass is 229 g/mol. The molecule has 0 aliphatic carbocycles. The van der Waals surface area contributed by atoms with E-state index in [4.69, 9.17) is 15.6 Å². The summed E-state index contributed by atoms with van der Waals surface area (Å²) in [6.45, 7) is 5.26. The minimum atomic E-state index is -1.54. The van der Waals surface area contributed by atoms with Crippen molar-refractivity contribution in [2.75, 3.05) is 0 Å². The van der Waals surface area contributed by atoms with Crippen LogP contribution < -0.4 is 5.73 Å². The Balaban J connectivity index is 2.72. The fourth-order valence-electron chi connectivity index (χ4n) is 1.97. The van der Waals surface area contributed by atoms with Crippen molar-refractivity contribution >= 4 is 11.9 Å². The number of carbonyl (C=O) groups excluding carboxylic acids is 1. The van der Waals surface area contributed by atoms with Crippen molar-refractivity contribution in [3.05, 3.63) is 0 Å². The summed E-state index contributed by atoms with van der Waals surface area (Å²) in [6.07, 6.45) is 1.57. The van der Waals surface area contributed by atoms with E-state index < -0.39 is 17.3 Å². The smallest absolute Gasteiger partial charge is 0.319 e. The van der Waals surface area contributed by atoms with Gasteiger partial charge in [-0.25, -0.2) is 0 Å². The lowest BCUT2D eigenvalue weighted by Crippen LogP contribution is -2.44. The summed E-state index contributed by atoms with van der Waals surface area (Å²) in [5.41, 5.74) is 3.37. The van der Waals surface area contributed by atoms with Crippen molar-refractivity contribution in [1.29, 1.82) is 0 Å². The molecular weight excluding hydrogens is 210 g/mol. The van der Waals surface area contributed by atoms with Gasteiger partial charge in [0.05, 0.1) is 11.7 Å². The minimum Gasteiger partial charge on any atom is -0.480 e. The first-order valence-corrected chi connectivity index (χ1v) is 5.38. The molecule has 3 N–H and O–H groups in total. The summed E-state index contributed by atoms with van der Waals surface area (Å²) in [4.78, 5) is 22.3. The Morgan fingerprint density at radius 1 is 1.56 bits per heavy atom. The summed E-state index contributed by atoms with van der Waals surface area (Å²) in [6, 6.07) is 0. The summed E-state index contributed by atoms with van der Waals surface area (Å²) in [5.74, 6) is -2.00. The maximum absolute atomic E-state index is 11.2. The molecule has 0 aromatic heterocycles. The number of ether oxygens (including phenoxy) is 1. The first-order chi connectivity index (χ1) is 7.17. The highest BCUT2D eigenvalue weighted by molar-refractivity contribution is 6.00. The standard InChI is InChI=1S/C11H19NO4/c1-10(2)5-4-7(16-10)6-11(3,8(12)13)9(14)15/h7H,4-6H2,1-3H3,(H2,12,13)(H,14,15). The van der Waals surface area contributed by atoms with Gasteiger partial charge in [0.15, 0.2) is 0 Å². The number of carboxylic acids is 1. The topological polar surface area (TPSA) is 89.6 Å². The van der Waals surface area contributed by atoms with Crippen LogP contribution in [-0.2, 0) is 14.3 Å². The van der Waals surface area contributed by atoms with Crippen LogP contribution in [-0.4, -0.2) is 28.7 Å². The van der Waals surface area contributed by atoms with Crippen LogP contribution in [0.15, 0.2) is 0 Å². The van der Waals surface area contributed by atoms with Crippen molar-refractivity contribution in [2.24, 2.45) is 11.1 Å². The number of aliphatic carboxylic acids is 1. The molecule has 5 heteroatoms. The molecule has 2 unspecified atom stereocenters. The molecule has 16 heavy (non-hydrogen) atoms. The lowest BCUT2D eigenvalue weighted by Gasteiger charge is -2.26. The second-order valence-corrected chi connectivity index (χ2v) is 5.24. The second-order valence-electron chi connectivity index (χ2n) is 5.24. The van der Waals surface area contributed by atoms with Crippen LogP contribution in [0.1, 0.15) is 40.0 Å². The van der Waals surface area contributed by atoms with Crippen molar-refractivity contribution in [3.63, 3.8) is 0 Å². The second kappa shape index (κ2) is 4.05. The van der Waals surface area contributed by atoms with Crippen LogP contribution in [0.3, 0.4) is 0 Å². The predicted molar refractivity (Wildman–Crippen MR) is 57.7 cm³/mol. The van der Waals surface area contributed by atoms with E-state index in [9.17, 15) is 9.59 Å². The largest absolute Gasteiger partial charge is 0.480 e. The summed E-state index contributed by atoms with van der Waals surface area (Å²) in [7, 11) is 0. The average Bonchev–Trinajstić information content (AvgIpc) is 2.44. The van der Waals surface area contributed by atoms with E-state index in [-0.39, 0.29) is 18.1 Å². The zero-order valence-electron chi connectivity index (χ0n) is 9.95. The van der Waals surface area contributed by atoms with E-state index in [1.54, 1.807) is 0 Å². The van der Waals surface area contributed by atoms with Crippen molar-refractivity contribution in [3.8, 4) is 0 Å². The third-order valence-corrected chi connectivity index (χ3v) is 3.21. The Labute approximate surface area is 95.0 Å². The molecule has 92 valence electrons. The van der Waals surface area contributed by atoms with Crippen LogP contribution in [0.25, 0.3) is 0 Å². The highest BCUT2D eigenvalue weighted by atomic mass is 16.5. The molecule has 2 atom stereocenters. The molecule has 1 saturated heterocycles. The molecule has 1 amide bonds. The Morgan fingerprint density at radius 3 is 2.44 bits per heavy atom. The van der Waals surface area contributed by atoms with E-state index >= 15 is 0 Å². The van der Waals surface area contributed by atoms with Crippen LogP contribution >= 0.6 is 0 Å². The molecule has 0 aromatic rings. The van der Waals surface area contributed by atoms with E-state index in [0.29, 0.717) is 0 Å². The fourth-order valence-corrected chi connectivity index (χ4v) is 1.97. The van der Waals surface area contributed by atoms with Crippen LogP contribution in [0.4, 0.5) is 0 Å². The van der Waals surface area contributed by atoms with Crippen molar-refractivity contribution in [1.82, 2.24) is 0 Å². The van der Waals surface area contributed by atoms with E-state index in [1.807, 2.05) is 13.8 Å². The molecule has 0 bridgehead atoms. The zero-order chi connectivity index (χ0) is 12.6. The van der Waals surface area contributed by atoms with Gasteiger partial charge in [-0.05, 0) is 40.0 Å². The molecule has 0 spiro atoms. The van der Waals surface area contributed by atoms with Gasteiger partial charge in [-0.3, -0.25) is 9.59 Å². The quantitative estimate of drug-likeness (QED) is 0.701. The molecular formula is C11H19NO4. The maximum Gasteiger partial charge on any atom is 0.319 e. The summed E-state index contributed by atoms with van der Waals surface area (Å²) >= 11 is 0. The summed E-state index contributed by atoms with van der Waals surface area (Å²) in [5, 5.41) is 9.04. The molecule has 1 aliphatic heterocycles. The summed E-state index contributed by atoms with van der Waals surface area (Å²) < 4.78 is 5.67. The highest BCUT2D eigenvalue weighted by Crippen LogP contribution is 2.36. The highest BCUT2D eigenvalue weighted by Gasteiger charge is 2.44. The maximum atomic E-state index is 11.2.